The van der Waals surface area contributed by atoms with E-state index < -0.39 is 16.0 Å². The van der Waals surface area contributed by atoms with Crippen LogP contribution in [0, 0.1) is 11.8 Å². The number of carboxylic acid groups (broad SMARTS) is 1. The van der Waals surface area contributed by atoms with Gasteiger partial charge in [0, 0.05) is 6.54 Å². The molecule has 1 aliphatic rings. The molecule has 1 fully saturated rings. The molecule has 0 spiro atoms. The van der Waals surface area contributed by atoms with Gasteiger partial charge < -0.3 is 5.11 Å². The molecule has 1 N–H and O–H groups in total. The highest BCUT2D eigenvalue weighted by Crippen LogP contribution is 2.39. The third-order valence-electron chi connectivity index (χ3n) is 4.01. The number of rotatable bonds is 7. The second-order valence-electron chi connectivity index (χ2n) is 6.19. The number of anilines is 1. The Hall–Kier alpha value is -1.82. The third-order valence-corrected chi connectivity index (χ3v) is 5.20. The van der Waals surface area contributed by atoms with Crippen LogP contribution in [-0.2, 0) is 10.0 Å². The zero-order chi connectivity index (χ0) is 17.2. The van der Waals surface area contributed by atoms with Gasteiger partial charge in [0.05, 0.1) is 17.5 Å². The maximum atomic E-state index is 12.0. The van der Waals surface area contributed by atoms with Crippen LogP contribution in [0.25, 0.3) is 6.08 Å². The summed E-state index contributed by atoms with van der Waals surface area (Å²) in [7, 11) is -3.45. The fraction of sp³-hybridized carbons (Fsp3) is 0.471. The first kappa shape index (κ1) is 17.5. The Labute approximate surface area is 137 Å². The molecule has 6 heteroatoms. The van der Waals surface area contributed by atoms with Gasteiger partial charge >= 0.3 is 5.97 Å². The van der Waals surface area contributed by atoms with Gasteiger partial charge in [-0.1, -0.05) is 26.0 Å². The first-order valence-corrected chi connectivity index (χ1v) is 9.61. The Morgan fingerprint density at radius 1 is 1.39 bits per heavy atom. The molecule has 0 heterocycles. The first-order chi connectivity index (χ1) is 10.7. The second-order valence-corrected chi connectivity index (χ2v) is 8.10. The summed E-state index contributed by atoms with van der Waals surface area (Å²) in [5.74, 6) is 0.140. The Bertz CT molecular complexity index is 724. The van der Waals surface area contributed by atoms with Crippen LogP contribution in [0.5, 0.6) is 0 Å². The Balaban J connectivity index is 2.43. The standard InChI is InChI=1S/C17H23NO4S/c1-4-7-18(23(3,21)22)16-10-13(5-6-14-8-12(14)2)9-15(11-16)17(19)20/h5-6,9-12,14H,4,7-8H2,1-3H3,(H,19,20). The van der Waals surface area contributed by atoms with Gasteiger partial charge in [0.15, 0.2) is 0 Å². The van der Waals surface area contributed by atoms with E-state index >= 15 is 0 Å². The average Bonchev–Trinajstić information content (AvgIpc) is 3.16. The highest BCUT2D eigenvalue weighted by molar-refractivity contribution is 7.92. The largest absolute Gasteiger partial charge is 0.478 e. The van der Waals surface area contributed by atoms with E-state index in [4.69, 9.17) is 0 Å². The average molecular weight is 337 g/mol. The lowest BCUT2D eigenvalue weighted by Crippen LogP contribution is -2.30. The van der Waals surface area contributed by atoms with E-state index in [1.807, 2.05) is 13.0 Å². The van der Waals surface area contributed by atoms with Crippen molar-refractivity contribution < 1.29 is 18.3 Å². The van der Waals surface area contributed by atoms with Crippen molar-refractivity contribution in [2.45, 2.75) is 26.7 Å². The lowest BCUT2D eigenvalue weighted by molar-refractivity contribution is 0.0697. The molecular formula is C17H23NO4S. The maximum Gasteiger partial charge on any atom is 0.335 e. The van der Waals surface area contributed by atoms with Gasteiger partial charge in [-0.05, 0) is 48.4 Å². The molecule has 2 unspecified atom stereocenters. The molecule has 2 atom stereocenters. The molecule has 1 aromatic rings. The molecule has 0 aromatic heterocycles. The normalized spacial score (nSPS) is 20.7. The summed E-state index contributed by atoms with van der Waals surface area (Å²) in [6.45, 7) is 4.37. The smallest absolute Gasteiger partial charge is 0.335 e. The van der Waals surface area contributed by atoms with Gasteiger partial charge in [-0.25, -0.2) is 13.2 Å². The lowest BCUT2D eigenvalue weighted by atomic mass is 10.1. The fourth-order valence-corrected chi connectivity index (χ4v) is 3.54. The van der Waals surface area contributed by atoms with Gasteiger partial charge in [-0.15, -0.1) is 0 Å². The minimum absolute atomic E-state index is 0.0933. The van der Waals surface area contributed by atoms with Crippen molar-refractivity contribution in [2.75, 3.05) is 17.1 Å². The van der Waals surface area contributed by atoms with Gasteiger partial charge in [0.25, 0.3) is 0 Å². The molecule has 0 saturated heterocycles. The monoisotopic (exact) mass is 337 g/mol. The van der Waals surface area contributed by atoms with E-state index in [1.54, 1.807) is 12.1 Å². The number of benzene rings is 1. The Morgan fingerprint density at radius 2 is 2.04 bits per heavy atom. The van der Waals surface area contributed by atoms with Crippen molar-refractivity contribution in [2.24, 2.45) is 11.8 Å². The summed E-state index contributed by atoms with van der Waals surface area (Å²) < 4.78 is 25.2. The third kappa shape index (κ3) is 4.58. The van der Waals surface area contributed by atoms with Crippen LogP contribution in [-0.4, -0.2) is 32.3 Å². The number of carbonyl (C=O) groups is 1. The molecule has 0 amide bonds. The fourth-order valence-electron chi connectivity index (χ4n) is 2.54. The van der Waals surface area contributed by atoms with Crippen LogP contribution >= 0.6 is 0 Å². The minimum Gasteiger partial charge on any atom is -0.478 e. The molecule has 5 nitrogen and oxygen atoms in total. The zero-order valence-electron chi connectivity index (χ0n) is 13.7. The van der Waals surface area contributed by atoms with Gasteiger partial charge in [-0.3, -0.25) is 4.31 Å². The molecule has 23 heavy (non-hydrogen) atoms. The first-order valence-electron chi connectivity index (χ1n) is 7.76. The van der Waals surface area contributed by atoms with Crippen LogP contribution < -0.4 is 4.31 Å². The number of aromatic carboxylic acids is 1. The molecule has 1 saturated carbocycles. The molecule has 2 rings (SSSR count). The zero-order valence-corrected chi connectivity index (χ0v) is 14.5. The number of nitrogens with zero attached hydrogens (tertiary/aromatic N) is 1. The summed E-state index contributed by atoms with van der Waals surface area (Å²) in [6, 6.07) is 4.71. The van der Waals surface area contributed by atoms with Crippen molar-refractivity contribution in [3.8, 4) is 0 Å². The quantitative estimate of drug-likeness (QED) is 0.829. The van der Waals surface area contributed by atoms with E-state index in [9.17, 15) is 18.3 Å². The van der Waals surface area contributed by atoms with E-state index in [1.165, 1.54) is 10.4 Å². The number of hydrogen-bond acceptors (Lipinski definition) is 3. The van der Waals surface area contributed by atoms with Crippen molar-refractivity contribution in [3.05, 3.63) is 35.4 Å². The van der Waals surface area contributed by atoms with Crippen molar-refractivity contribution in [1.82, 2.24) is 0 Å². The van der Waals surface area contributed by atoms with Gasteiger partial charge in [0.1, 0.15) is 0 Å². The molecular weight excluding hydrogens is 314 g/mol. The SMILES string of the molecule is CCCN(c1cc(C=CC2CC2C)cc(C(=O)O)c1)S(C)(=O)=O. The summed E-state index contributed by atoms with van der Waals surface area (Å²) >= 11 is 0. The second kappa shape index (κ2) is 6.74. The Kier molecular flexibility index (Phi) is 5.14. The molecule has 0 bridgehead atoms. The van der Waals surface area contributed by atoms with E-state index in [0.717, 1.165) is 12.7 Å². The lowest BCUT2D eigenvalue weighted by Gasteiger charge is -2.22. The van der Waals surface area contributed by atoms with Gasteiger partial charge in [0.2, 0.25) is 10.0 Å². The number of allylic oxidation sites excluding steroid dienone is 1. The van der Waals surface area contributed by atoms with E-state index in [0.29, 0.717) is 36.1 Å². The maximum absolute atomic E-state index is 12.0. The molecule has 0 radical (unpaired) electrons. The van der Waals surface area contributed by atoms with Gasteiger partial charge in [-0.2, -0.15) is 0 Å². The van der Waals surface area contributed by atoms with Crippen LogP contribution in [0.3, 0.4) is 0 Å². The molecule has 0 aliphatic heterocycles. The summed E-state index contributed by atoms with van der Waals surface area (Å²) in [5.41, 5.74) is 1.21. The highest BCUT2D eigenvalue weighted by Gasteiger charge is 2.29. The van der Waals surface area contributed by atoms with E-state index in [2.05, 4.69) is 13.0 Å². The van der Waals surface area contributed by atoms with E-state index in [-0.39, 0.29) is 5.56 Å². The molecule has 1 aromatic carbocycles. The summed E-state index contributed by atoms with van der Waals surface area (Å²) in [6.07, 6.45) is 6.89. The number of carboxylic acids is 1. The topological polar surface area (TPSA) is 74.7 Å². The van der Waals surface area contributed by atoms with Crippen LogP contribution in [0.1, 0.15) is 42.6 Å². The summed E-state index contributed by atoms with van der Waals surface area (Å²) in [4.78, 5) is 11.3. The molecule has 126 valence electrons. The van der Waals surface area contributed by atoms with Crippen LogP contribution in [0.4, 0.5) is 5.69 Å². The van der Waals surface area contributed by atoms with Crippen molar-refractivity contribution in [1.29, 1.82) is 0 Å². The van der Waals surface area contributed by atoms with Crippen molar-refractivity contribution in [3.63, 3.8) is 0 Å². The summed E-state index contributed by atoms with van der Waals surface area (Å²) in [5, 5.41) is 9.29. The van der Waals surface area contributed by atoms with Crippen LogP contribution in [0.15, 0.2) is 24.3 Å². The minimum atomic E-state index is -3.45. The predicted molar refractivity (Wildman–Crippen MR) is 92.2 cm³/mol. The highest BCUT2D eigenvalue weighted by atomic mass is 32.2. The predicted octanol–water partition coefficient (Wildman–Crippen LogP) is 3.23. The molecule has 1 aliphatic carbocycles. The van der Waals surface area contributed by atoms with Crippen LogP contribution in [0.2, 0.25) is 0 Å². The number of sulfonamides is 1. The number of hydrogen-bond donors (Lipinski definition) is 1. The Morgan fingerprint density at radius 3 is 2.52 bits per heavy atom. The van der Waals surface area contributed by atoms with Crippen molar-refractivity contribution >= 4 is 27.8 Å².